The van der Waals surface area contributed by atoms with Gasteiger partial charge in [0.25, 0.3) is 11.6 Å². The fourth-order valence-electron chi connectivity index (χ4n) is 2.45. The second-order valence-electron chi connectivity index (χ2n) is 4.99. The van der Waals surface area contributed by atoms with E-state index in [0.717, 1.165) is 25.0 Å². The fraction of sp³-hybridized carbons (Fsp3) is 0.462. The maximum atomic E-state index is 12.2. The van der Waals surface area contributed by atoms with E-state index in [0.29, 0.717) is 6.42 Å². The van der Waals surface area contributed by atoms with Crippen molar-refractivity contribution < 1.29 is 14.5 Å². The van der Waals surface area contributed by atoms with E-state index in [9.17, 15) is 14.9 Å². The van der Waals surface area contributed by atoms with Gasteiger partial charge in [0.1, 0.15) is 0 Å². The van der Waals surface area contributed by atoms with E-state index in [1.54, 1.807) is 7.11 Å². The van der Waals surface area contributed by atoms with E-state index in [-0.39, 0.29) is 34.1 Å². The molecule has 1 aliphatic carbocycles. The molecule has 21 heavy (non-hydrogen) atoms. The van der Waals surface area contributed by atoms with Gasteiger partial charge in [-0.2, -0.15) is 0 Å². The zero-order valence-corrected chi connectivity index (χ0v) is 12.2. The number of benzene rings is 1. The fourth-order valence-corrected chi connectivity index (χ4v) is 2.66. The monoisotopic (exact) mass is 313 g/mol. The first-order chi connectivity index (χ1) is 9.92. The Labute approximate surface area is 126 Å². The van der Waals surface area contributed by atoms with Gasteiger partial charge in [0.15, 0.2) is 0 Å². The number of nitrogen functional groups attached to an aromatic ring is 1. The molecule has 1 fully saturated rings. The van der Waals surface area contributed by atoms with Crippen LogP contribution in [0.1, 0.15) is 29.6 Å². The number of nitrogens with one attached hydrogen (secondary N) is 1. The number of anilines is 1. The molecule has 2 rings (SSSR count). The van der Waals surface area contributed by atoms with Crippen LogP contribution >= 0.6 is 11.6 Å². The molecule has 1 aliphatic rings. The third-order valence-corrected chi connectivity index (χ3v) is 3.94. The minimum Gasteiger partial charge on any atom is -0.397 e. The predicted octanol–water partition coefficient (Wildman–Crippen LogP) is 2.13. The van der Waals surface area contributed by atoms with Crippen LogP contribution in [0.25, 0.3) is 0 Å². The molecule has 1 aromatic carbocycles. The Morgan fingerprint density at radius 3 is 2.81 bits per heavy atom. The Morgan fingerprint density at radius 1 is 1.52 bits per heavy atom. The Morgan fingerprint density at radius 2 is 2.24 bits per heavy atom. The second-order valence-corrected chi connectivity index (χ2v) is 5.39. The number of ether oxygens (including phenoxy) is 1. The third kappa shape index (κ3) is 3.43. The van der Waals surface area contributed by atoms with Gasteiger partial charge in [0.2, 0.25) is 0 Å². The van der Waals surface area contributed by atoms with Gasteiger partial charge in [0.05, 0.1) is 27.3 Å². The number of nitro groups is 1. The molecule has 3 N–H and O–H groups in total. The standard InChI is InChI=1S/C13H16ClN3O4/c1-21-9-3-2-7(4-9)16-13(18)10-5-8(17(19)20)6-11(14)12(10)15/h5-7,9H,2-4,15H2,1H3,(H,16,18). The van der Waals surface area contributed by atoms with Crippen LogP contribution < -0.4 is 11.1 Å². The molecule has 7 nitrogen and oxygen atoms in total. The number of nitro benzene ring substituents is 1. The first kappa shape index (κ1) is 15.5. The Hall–Kier alpha value is -1.86. The Balaban J connectivity index is 2.17. The van der Waals surface area contributed by atoms with Crippen LogP contribution in [-0.2, 0) is 4.74 Å². The van der Waals surface area contributed by atoms with Crippen LogP contribution in [0.5, 0.6) is 0 Å². The zero-order chi connectivity index (χ0) is 15.6. The van der Waals surface area contributed by atoms with Gasteiger partial charge in [0, 0.05) is 25.3 Å². The first-order valence-corrected chi connectivity index (χ1v) is 6.87. The summed E-state index contributed by atoms with van der Waals surface area (Å²) in [6.07, 6.45) is 2.51. The Kier molecular flexibility index (Phi) is 4.64. The molecule has 8 heteroatoms. The lowest BCUT2D eigenvalue weighted by Gasteiger charge is -2.14. The number of hydrogen-bond donors (Lipinski definition) is 2. The van der Waals surface area contributed by atoms with Crippen molar-refractivity contribution >= 4 is 28.9 Å². The van der Waals surface area contributed by atoms with Gasteiger partial charge in [-0.25, -0.2) is 0 Å². The molecule has 2 atom stereocenters. The van der Waals surface area contributed by atoms with Gasteiger partial charge in [-0.3, -0.25) is 14.9 Å². The summed E-state index contributed by atoms with van der Waals surface area (Å²) in [5.41, 5.74) is 5.54. The van der Waals surface area contributed by atoms with Crippen molar-refractivity contribution in [1.82, 2.24) is 5.32 Å². The summed E-state index contributed by atoms with van der Waals surface area (Å²) in [5.74, 6) is -0.458. The van der Waals surface area contributed by atoms with Gasteiger partial charge in [-0.05, 0) is 19.3 Å². The maximum absolute atomic E-state index is 12.2. The van der Waals surface area contributed by atoms with Crippen molar-refractivity contribution in [2.45, 2.75) is 31.4 Å². The third-order valence-electron chi connectivity index (χ3n) is 3.62. The van der Waals surface area contributed by atoms with Crippen LogP contribution in [0.3, 0.4) is 0 Å². The quantitative estimate of drug-likeness (QED) is 0.503. The predicted molar refractivity (Wildman–Crippen MR) is 78.4 cm³/mol. The van der Waals surface area contributed by atoms with Gasteiger partial charge < -0.3 is 15.8 Å². The number of carbonyl (C=O) groups excluding carboxylic acids is 1. The molecule has 0 aliphatic heterocycles. The van der Waals surface area contributed by atoms with E-state index in [2.05, 4.69) is 5.32 Å². The molecule has 0 spiro atoms. The van der Waals surface area contributed by atoms with Crippen LogP contribution in [0.4, 0.5) is 11.4 Å². The molecule has 1 saturated carbocycles. The average molecular weight is 314 g/mol. The highest BCUT2D eigenvalue weighted by Gasteiger charge is 2.27. The number of hydrogen-bond acceptors (Lipinski definition) is 5. The first-order valence-electron chi connectivity index (χ1n) is 6.49. The molecular formula is C13H16ClN3O4. The lowest BCUT2D eigenvalue weighted by Crippen LogP contribution is -2.33. The molecular weight excluding hydrogens is 298 g/mol. The molecule has 1 aromatic rings. The number of halogens is 1. The molecule has 1 amide bonds. The number of nitrogens with two attached hydrogens (primary N) is 1. The van der Waals surface area contributed by atoms with Crippen molar-refractivity contribution in [2.24, 2.45) is 0 Å². The van der Waals surface area contributed by atoms with Crippen molar-refractivity contribution in [3.8, 4) is 0 Å². The largest absolute Gasteiger partial charge is 0.397 e. The number of rotatable bonds is 4. The normalized spacial score (nSPS) is 21.2. The smallest absolute Gasteiger partial charge is 0.271 e. The van der Waals surface area contributed by atoms with Crippen LogP contribution in [0.15, 0.2) is 12.1 Å². The maximum Gasteiger partial charge on any atom is 0.271 e. The topological polar surface area (TPSA) is 107 Å². The molecule has 0 radical (unpaired) electrons. The van der Waals surface area contributed by atoms with Crippen molar-refractivity contribution in [3.05, 3.63) is 32.8 Å². The molecule has 2 unspecified atom stereocenters. The number of methoxy groups -OCH3 is 1. The lowest BCUT2D eigenvalue weighted by atomic mass is 10.1. The van der Waals surface area contributed by atoms with Crippen LogP contribution in [0, 0.1) is 10.1 Å². The van der Waals surface area contributed by atoms with Gasteiger partial charge >= 0.3 is 0 Å². The minimum atomic E-state index is -0.612. The Bertz CT molecular complexity index is 579. The van der Waals surface area contributed by atoms with E-state index in [1.807, 2.05) is 0 Å². The van der Waals surface area contributed by atoms with Crippen molar-refractivity contribution in [3.63, 3.8) is 0 Å². The highest BCUT2D eigenvalue weighted by Crippen LogP contribution is 2.29. The number of non-ortho nitro benzene ring substituents is 1. The zero-order valence-electron chi connectivity index (χ0n) is 11.5. The number of carbonyl (C=O) groups is 1. The molecule has 0 bridgehead atoms. The second kappa shape index (κ2) is 6.28. The summed E-state index contributed by atoms with van der Waals surface area (Å²) in [4.78, 5) is 22.4. The van der Waals surface area contributed by atoms with Crippen molar-refractivity contribution in [1.29, 1.82) is 0 Å². The van der Waals surface area contributed by atoms with Gasteiger partial charge in [-0.15, -0.1) is 0 Å². The SMILES string of the molecule is COC1CCC(NC(=O)c2cc([N+](=O)[O-])cc(Cl)c2N)C1. The van der Waals surface area contributed by atoms with Crippen molar-refractivity contribution in [2.75, 3.05) is 12.8 Å². The van der Waals surface area contributed by atoms with E-state index < -0.39 is 10.8 Å². The summed E-state index contributed by atoms with van der Waals surface area (Å²) in [6.45, 7) is 0. The lowest BCUT2D eigenvalue weighted by molar-refractivity contribution is -0.384. The molecule has 114 valence electrons. The summed E-state index contributed by atoms with van der Waals surface area (Å²) in [7, 11) is 1.63. The van der Waals surface area contributed by atoms with E-state index in [1.165, 1.54) is 0 Å². The van der Waals surface area contributed by atoms with E-state index >= 15 is 0 Å². The number of nitrogens with zero attached hydrogens (tertiary/aromatic N) is 1. The summed E-state index contributed by atoms with van der Waals surface area (Å²) < 4.78 is 5.24. The highest BCUT2D eigenvalue weighted by atomic mass is 35.5. The number of amides is 1. The minimum absolute atomic E-state index is 0.00413. The van der Waals surface area contributed by atoms with Gasteiger partial charge in [-0.1, -0.05) is 11.6 Å². The molecule has 0 heterocycles. The van der Waals surface area contributed by atoms with Crippen LogP contribution in [-0.4, -0.2) is 30.1 Å². The van der Waals surface area contributed by atoms with E-state index in [4.69, 9.17) is 22.1 Å². The average Bonchev–Trinajstić information content (AvgIpc) is 2.88. The summed E-state index contributed by atoms with van der Waals surface area (Å²) >= 11 is 5.84. The van der Waals surface area contributed by atoms with Crippen LogP contribution in [0.2, 0.25) is 5.02 Å². The summed E-state index contributed by atoms with van der Waals surface area (Å²) in [6, 6.07) is 2.24. The molecule has 0 aromatic heterocycles. The molecule has 0 saturated heterocycles. The summed E-state index contributed by atoms with van der Waals surface area (Å²) in [5, 5.41) is 13.6. The highest BCUT2D eigenvalue weighted by molar-refractivity contribution is 6.34.